The van der Waals surface area contributed by atoms with Crippen LogP contribution in [0, 0.1) is 18.7 Å². The number of ether oxygens (including phenoxy) is 3. The molecular weight excluding hydrogens is 520 g/mol. The van der Waals surface area contributed by atoms with Crippen LogP contribution in [0.4, 0.5) is 33.7 Å². The third kappa shape index (κ3) is 6.38. The lowest BCUT2D eigenvalue weighted by Crippen LogP contribution is -2.37. The van der Waals surface area contributed by atoms with Crippen molar-refractivity contribution in [1.29, 1.82) is 0 Å². The number of hydrogen-bond donors (Lipinski definition) is 1. The molecule has 39 heavy (non-hydrogen) atoms. The van der Waals surface area contributed by atoms with Crippen molar-refractivity contribution in [3.05, 3.63) is 35.8 Å². The molecule has 1 aromatic carbocycles. The highest BCUT2D eigenvalue weighted by atomic mass is 19.4. The Balaban J connectivity index is 1.40. The van der Waals surface area contributed by atoms with Crippen LogP contribution in [-0.4, -0.2) is 80.8 Å². The van der Waals surface area contributed by atoms with E-state index in [1.54, 1.807) is 13.1 Å². The number of aryl methyl sites for hydroxylation is 1. The molecule has 4 heterocycles. The number of anilines is 2. The van der Waals surface area contributed by atoms with Gasteiger partial charge in [0.1, 0.15) is 17.6 Å². The van der Waals surface area contributed by atoms with Gasteiger partial charge in [-0.15, -0.1) is 0 Å². The Morgan fingerprint density at radius 1 is 1.05 bits per heavy atom. The molecule has 3 aliphatic rings. The van der Waals surface area contributed by atoms with Crippen molar-refractivity contribution < 1.29 is 36.6 Å². The highest BCUT2D eigenvalue weighted by Gasteiger charge is 2.44. The zero-order chi connectivity index (χ0) is 27.6. The maximum Gasteiger partial charge on any atom is 0.393 e. The monoisotopic (exact) mass is 552 g/mol. The van der Waals surface area contributed by atoms with Crippen molar-refractivity contribution in [3.8, 4) is 17.0 Å². The number of benzene rings is 1. The number of carbonyl (C=O) groups excluding carboxylic acids is 1. The first-order valence-corrected chi connectivity index (χ1v) is 13.2. The summed E-state index contributed by atoms with van der Waals surface area (Å²) < 4.78 is 71.2. The first kappa shape index (κ1) is 27.4. The number of nitrogens with zero attached hydrogens (tertiary/aromatic N) is 3. The first-order chi connectivity index (χ1) is 18.7. The summed E-state index contributed by atoms with van der Waals surface area (Å²) in [6.07, 6.45) is -1.35. The average molecular weight is 553 g/mol. The van der Waals surface area contributed by atoms with Gasteiger partial charge in [-0.05, 0) is 42.7 Å². The first-order valence-electron chi connectivity index (χ1n) is 13.2. The Kier molecular flexibility index (Phi) is 8.13. The predicted molar refractivity (Wildman–Crippen MR) is 137 cm³/mol. The fraction of sp³-hybridized carbons (Fsp3) is 0.556. The van der Waals surface area contributed by atoms with Gasteiger partial charge in [-0.25, -0.2) is 14.2 Å². The minimum atomic E-state index is -4.37. The molecule has 3 saturated heterocycles. The van der Waals surface area contributed by atoms with E-state index >= 15 is 0 Å². The van der Waals surface area contributed by atoms with Crippen molar-refractivity contribution in [2.75, 3.05) is 62.8 Å². The number of likely N-dealkylation sites (tertiary alicyclic amines) is 1. The number of alkyl halides is 3. The molecule has 0 saturated carbocycles. The maximum absolute atomic E-state index is 14.9. The van der Waals surface area contributed by atoms with Crippen molar-refractivity contribution in [2.45, 2.75) is 38.5 Å². The summed E-state index contributed by atoms with van der Waals surface area (Å²) in [4.78, 5) is 20.5. The Bertz CT molecular complexity index is 1180. The molecule has 0 unspecified atom stereocenters. The van der Waals surface area contributed by atoms with Gasteiger partial charge in [-0.3, -0.25) is 0 Å². The fourth-order valence-electron chi connectivity index (χ4n) is 5.15. The Morgan fingerprint density at radius 3 is 2.46 bits per heavy atom. The van der Waals surface area contributed by atoms with Gasteiger partial charge in [-0.1, -0.05) is 0 Å². The molecule has 1 aromatic heterocycles. The molecule has 3 fully saturated rings. The molecule has 5 rings (SSSR count). The minimum absolute atomic E-state index is 0.00575. The molecule has 0 bridgehead atoms. The van der Waals surface area contributed by atoms with Crippen LogP contribution < -0.4 is 15.0 Å². The summed E-state index contributed by atoms with van der Waals surface area (Å²) in [7, 11) is 0. The van der Waals surface area contributed by atoms with Crippen molar-refractivity contribution in [2.24, 2.45) is 5.92 Å². The van der Waals surface area contributed by atoms with Crippen LogP contribution in [0.25, 0.3) is 11.1 Å². The topological polar surface area (TPSA) is 76.2 Å². The highest BCUT2D eigenvalue weighted by molar-refractivity contribution is 5.91. The molecule has 2 aromatic rings. The summed E-state index contributed by atoms with van der Waals surface area (Å²) in [6, 6.07) is 3.98. The van der Waals surface area contributed by atoms with Crippen LogP contribution in [-0.2, 0) is 9.47 Å². The molecular formula is C27H32F4N4O4. The number of rotatable bonds is 5. The van der Waals surface area contributed by atoms with Crippen molar-refractivity contribution in [3.63, 3.8) is 0 Å². The number of aromatic nitrogens is 1. The second kappa shape index (κ2) is 11.5. The summed E-state index contributed by atoms with van der Waals surface area (Å²) in [5, 5.41) is 2.47. The normalized spacial score (nSPS) is 20.8. The molecule has 0 aliphatic carbocycles. The largest absolute Gasteiger partial charge is 0.473 e. The number of amides is 2. The molecule has 1 atom stereocenters. The Morgan fingerprint density at radius 2 is 1.77 bits per heavy atom. The van der Waals surface area contributed by atoms with Crippen LogP contribution in [0.1, 0.15) is 24.8 Å². The zero-order valence-electron chi connectivity index (χ0n) is 21.7. The van der Waals surface area contributed by atoms with E-state index in [0.29, 0.717) is 62.1 Å². The predicted octanol–water partition coefficient (Wildman–Crippen LogP) is 5.01. The standard InChI is InChI=1S/C27H32F4N4O4/c1-17-12-22(28)23(33-26(36)35-5-2-19(16-35)27(29,30)31)14-21(17)18-13-24(34-6-10-38-11-7-34)25(32-15-18)39-20-3-8-37-9-4-20/h12-15,19-20H,2-11,16H2,1H3,(H,33,36)/t19-/m1/s1. The van der Waals surface area contributed by atoms with E-state index in [2.05, 4.69) is 15.2 Å². The van der Waals surface area contributed by atoms with E-state index in [1.165, 1.54) is 12.1 Å². The summed E-state index contributed by atoms with van der Waals surface area (Å²) >= 11 is 0. The maximum atomic E-state index is 14.9. The van der Waals surface area contributed by atoms with E-state index in [1.807, 2.05) is 6.07 Å². The minimum Gasteiger partial charge on any atom is -0.473 e. The van der Waals surface area contributed by atoms with Gasteiger partial charge in [0.15, 0.2) is 0 Å². The van der Waals surface area contributed by atoms with Gasteiger partial charge in [0.05, 0.1) is 38.0 Å². The van der Waals surface area contributed by atoms with Crippen LogP contribution in [0.5, 0.6) is 5.88 Å². The Hall–Kier alpha value is -3.12. The lowest BCUT2D eigenvalue weighted by molar-refractivity contribution is -0.169. The number of pyridine rings is 1. The van der Waals surface area contributed by atoms with Crippen LogP contribution in [0.15, 0.2) is 24.4 Å². The SMILES string of the molecule is Cc1cc(F)c(NC(=O)N2CC[C@@H](C(F)(F)F)C2)cc1-c1cnc(OC2CCOCC2)c(N2CCOCC2)c1. The summed E-state index contributed by atoms with van der Waals surface area (Å²) in [6.45, 7) is 4.98. The van der Waals surface area contributed by atoms with Crippen molar-refractivity contribution in [1.82, 2.24) is 9.88 Å². The molecule has 0 spiro atoms. The van der Waals surface area contributed by atoms with Crippen LogP contribution >= 0.6 is 0 Å². The lowest BCUT2D eigenvalue weighted by Gasteiger charge is -2.31. The summed E-state index contributed by atoms with van der Waals surface area (Å²) in [5.74, 6) is -1.74. The van der Waals surface area contributed by atoms with E-state index in [-0.39, 0.29) is 24.8 Å². The molecule has 12 heteroatoms. The molecule has 212 valence electrons. The number of morpholine rings is 1. The molecule has 1 N–H and O–H groups in total. The molecule has 0 radical (unpaired) electrons. The van der Waals surface area contributed by atoms with Crippen molar-refractivity contribution >= 4 is 17.4 Å². The number of halogens is 4. The van der Waals surface area contributed by atoms with E-state index < -0.39 is 30.5 Å². The smallest absolute Gasteiger partial charge is 0.393 e. The van der Waals surface area contributed by atoms with Crippen LogP contribution in [0.2, 0.25) is 0 Å². The highest BCUT2D eigenvalue weighted by Crippen LogP contribution is 2.37. The van der Waals surface area contributed by atoms with Crippen LogP contribution in [0.3, 0.4) is 0 Å². The van der Waals surface area contributed by atoms with Gasteiger partial charge in [0.25, 0.3) is 0 Å². The van der Waals surface area contributed by atoms with E-state index in [4.69, 9.17) is 14.2 Å². The number of hydrogen-bond acceptors (Lipinski definition) is 6. The Labute approximate surface area is 224 Å². The molecule has 8 nitrogen and oxygen atoms in total. The second-order valence-electron chi connectivity index (χ2n) is 10.1. The van der Waals surface area contributed by atoms with Gasteiger partial charge < -0.3 is 29.3 Å². The van der Waals surface area contributed by atoms with Gasteiger partial charge in [-0.2, -0.15) is 13.2 Å². The number of urea groups is 1. The van der Waals surface area contributed by atoms with E-state index in [0.717, 1.165) is 23.4 Å². The van der Waals surface area contributed by atoms with Gasteiger partial charge in [0.2, 0.25) is 5.88 Å². The number of carbonyl (C=O) groups is 1. The summed E-state index contributed by atoms with van der Waals surface area (Å²) in [5.41, 5.74) is 2.65. The molecule has 2 amide bonds. The van der Waals surface area contributed by atoms with E-state index in [9.17, 15) is 22.4 Å². The zero-order valence-corrected chi connectivity index (χ0v) is 21.7. The molecule has 3 aliphatic heterocycles. The quantitative estimate of drug-likeness (QED) is 0.526. The van der Waals surface area contributed by atoms with Gasteiger partial charge in [0, 0.05) is 50.8 Å². The fourth-order valence-corrected chi connectivity index (χ4v) is 5.15. The van der Waals surface area contributed by atoms with Gasteiger partial charge >= 0.3 is 12.2 Å². The number of nitrogens with one attached hydrogen (secondary N) is 1. The average Bonchev–Trinajstić information content (AvgIpc) is 3.43. The third-order valence-electron chi connectivity index (χ3n) is 7.44. The third-order valence-corrected chi connectivity index (χ3v) is 7.44. The lowest BCUT2D eigenvalue weighted by atomic mass is 10.00. The second-order valence-corrected chi connectivity index (χ2v) is 10.1.